The molecule has 1 N–H and O–H groups in total. The third kappa shape index (κ3) is 5.49. The Labute approximate surface area is 135 Å². The van der Waals surface area contributed by atoms with Gasteiger partial charge < -0.3 is 5.32 Å². The first-order chi connectivity index (χ1) is 9.41. The number of halogens is 2. The van der Waals surface area contributed by atoms with Gasteiger partial charge in [-0.15, -0.1) is 0 Å². The molecule has 0 aliphatic carbocycles. The second kappa shape index (κ2) is 6.55. The Morgan fingerprint density at radius 3 is 2.33 bits per heavy atom. The van der Waals surface area contributed by atoms with Crippen LogP contribution in [-0.4, -0.2) is 14.3 Å². The summed E-state index contributed by atoms with van der Waals surface area (Å²) in [6.07, 6.45) is 0.372. The van der Waals surface area contributed by atoms with Crippen LogP contribution in [0.5, 0.6) is 0 Å². The number of hydrogen-bond acceptors (Lipinski definition) is 3. The average molecular weight is 352 g/mol. The summed E-state index contributed by atoms with van der Waals surface area (Å²) in [5.74, 6) is 0.0606. The number of carbonyl (C=O) groups excluding carboxylic acids is 1. The second-order valence-electron chi connectivity index (χ2n) is 6.10. The average Bonchev–Trinajstić information content (AvgIpc) is 2.25. The van der Waals surface area contributed by atoms with Gasteiger partial charge in [0.15, 0.2) is 0 Å². The van der Waals surface area contributed by atoms with E-state index in [2.05, 4.69) is 26.1 Å². The van der Waals surface area contributed by atoms with Crippen LogP contribution < -0.4 is 5.32 Å². The largest absolute Gasteiger partial charge is 0.326 e. The first kappa shape index (κ1) is 18.3. The van der Waals surface area contributed by atoms with Crippen molar-refractivity contribution in [3.05, 3.63) is 23.2 Å². The number of rotatable bonds is 4. The van der Waals surface area contributed by atoms with E-state index < -0.39 is 9.05 Å². The van der Waals surface area contributed by atoms with E-state index in [1.54, 1.807) is 0 Å². The minimum Gasteiger partial charge on any atom is -0.326 e. The summed E-state index contributed by atoms with van der Waals surface area (Å²) in [4.78, 5) is 11.8. The van der Waals surface area contributed by atoms with Crippen LogP contribution >= 0.6 is 22.3 Å². The van der Waals surface area contributed by atoms with E-state index in [1.165, 1.54) is 18.2 Å². The van der Waals surface area contributed by atoms with Crippen molar-refractivity contribution in [1.82, 2.24) is 0 Å². The predicted molar refractivity (Wildman–Crippen MR) is 86.4 cm³/mol. The topological polar surface area (TPSA) is 63.2 Å². The molecule has 1 rings (SSSR count). The van der Waals surface area contributed by atoms with E-state index in [0.717, 1.165) is 0 Å². The molecule has 0 saturated carbocycles. The fourth-order valence-corrected chi connectivity index (χ4v) is 3.10. The lowest BCUT2D eigenvalue weighted by molar-refractivity contribution is -0.117. The monoisotopic (exact) mass is 351 g/mol. The molecule has 1 amide bonds. The highest BCUT2D eigenvalue weighted by atomic mass is 35.7. The molecule has 0 aromatic heterocycles. The summed E-state index contributed by atoms with van der Waals surface area (Å²) in [6.45, 7) is 8.22. The zero-order valence-corrected chi connectivity index (χ0v) is 14.7. The minimum atomic E-state index is -3.89. The molecule has 21 heavy (non-hydrogen) atoms. The van der Waals surface area contributed by atoms with Crippen molar-refractivity contribution in [1.29, 1.82) is 0 Å². The minimum absolute atomic E-state index is 0.0216. The summed E-state index contributed by atoms with van der Waals surface area (Å²) in [6, 6.07) is 4.10. The molecule has 1 aromatic rings. The van der Waals surface area contributed by atoms with E-state index in [1.807, 2.05) is 6.92 Å². The van der Waals surface area contributed by atoms with E-state index in [-0.39, 0.29) is 27.2 Å². The van der Waals surface area contributed by atoms with Crippen molar-refractivity contribution >= 4 is 42.9 Å². The smallest absolute Gasteiger partial charge is 0.262 e. The van der Waals surface area contributed by atoms with E-state index in [4.69, 9.17) is 22.3 Å². The Balaban J connectivity index is 2.81. The van der Waals surface area contributed by atoms with Gasteiger partial charge in [0.25, 0.3) is 9.05 Å². The maximum atomic E-state index is 12.0. The quantitative estimate of drug-likeness (QED) is 0.823. The van der Waals surface area contributed by atoms with Crippen molar-refractivity contribution in [2.75, 3.05) is 5.32 Å². The van der Waals surface area contributed by atoms with Crippen molar-refractivity contribution in [3.63, 3.8) is 0 Å². The molecule has 4 nitrogen and oxygen atoms in total. The van der Waals surface area contributed by atoms with Crippen molar-refractivity contribution in [3.8, 4) is 0 Å². The first-order valence-corrected chi connectivity index (χ1v) is 9.14. The van der Waals surface area contributed by atoms with Crippen LogP contribution in [0, 0.1) is 11.3 Å². The normalized spacial score (nSPS) is 13.8. The van der Waals surface area contributed by atoms with Crippen LogP contribution in [0.25, 0.3) is 0 Å². The Morgan fingerprint density at radius 1 is 1.33 bits per heavy atom. The third-order valence-corrected chi connectivity index (χ3v) is 5.25. The van der Waals surface area contributed by atoms with Gasteiger partial charge in [0.05, 0.1) is 5.02 Å². The number of anilines is 1. The molecular formula is C14H19Cl2NO3S. The van der Waals surface area contributed by atoms with Crippen LogP contribution in [0.15, 0.2) is 23.1 Å². The van der Waals surface area contributed by atoms with Crippen LogP contribution in [-0.2, 0) is 13.8 Å². The fourth-order valence-electron chi connectivity index (χ4n) is 1.57. The fraction of sp³-hybridized carbons (Fsp3) is 0.500. The van der Waals surface area contributed by atoms with Gasteiger partial charge in [0.2, 0.25) is 5.91 Å². The Morgan fingerprint density at radius 2 is 1.90 bits per heavy atom. The number of carbonyl (C=O) groups is 1. The Kier molecular flexibility index (Phi) is 5.69. The summed E-state index contributed by atoms with van der Waals surface area (Å²) in [7, 11) is 1.35. The number of hydrogen-bond donors (Lipinski definition) is 1. The predicted octanol–water partition coefficient (Wildman–Crippen LogP) is 4.28. The molecule has 0 radical (unpaired) electrons. The standard InChI is InChI=1S/C14H19Cl2NO3S/c1-9(14(2,3)4)7-13(18)17-10-5-6-12(11(15)8-10)21(16,19)20/h5-6,8-9H,7H2,1-4H3,(H,17,18). The lowest BCUT2D eigenvalue weighted by atomic mass is 9.80. The van der Waals surface area contributed by atoms with Crippen molar-refractivity contribution < 1.29 is 13.2 Å². The summed E-state index contributed by atoms with van der Waals surface area (Å²) < 4.78 is 22.5. The molecule has 0 aliphatic rings. The van der Waals surface area contributed by atoms with Crippen LogP contribution in [0.4, 0.5) is 5.69 Å². The summed E-state index contributed by atoms with van der Waals surface area (Å²) >= 11 is 5.86. The lowest BCUT2D eigenvalue weighted by Gasteiger charge is -2.26. The molecule has 1 aromatic carbocycles. The van der Waals surface area contributed by atoms with Crippen LogP contribution in [0.1, 0.15) is 34.1 Å². The van der Waals surface area contributed by atoms with E-state index in [9.17, 15) is 13.2 Å². The molecule has 1 atom stereocenters. The van der Waals surface area contributed by atoms with E-state index in [0.29, 0.717) is 12.1 Å². The van der Waals surface area contributed by atoms with Gasteiger partial charge in [-0.25, -0.2) is 8.42 Å². The highest BCUT2D eigenvalue weighted by Crippen LogP contribution is 2.30. The maximum absolute atomic E-state index is 12.0. The third-order valence-electron chi connectivity index (χ3n) is 3.45. The molecule has 0 fully saturated rings. The Bertz CT molecular complexity index is 636. The van der Waals surface area contributed by atoms with Crippen LogP contribution in [0.2, 0.25) is 5.02 Å². The molecule has 0 heterocycles. The molecule has 1 unspecified atom stereocenters. The number of benzene rings is 1. The highest BCUT2D eigenvalue weighted by molar-refractivity contribution is 8.13. The number of nitrogens with one attached hydrogen (secondary N) is 1. The summed E-state index contributed by atoms with van der Waals surface area (Å²) in [5, 5.41) is 2.68. The van der Waals surface area contributed by atoms with Crippen LogP contribution in [0.3, 0.4) is 0 Å². The number of amides is 1. The van der Waals surface area contributed by atoms with Gasteiger partial charge in [-0.05, 0) is 29.5 Å². The molecular weight excluding hydrogens is 333 g/mol. The van der Waals surface area contributed by atoms with Gasteiger partial charge in [-0.3, -0.25) is 4.79 Å². The molecule has 0 aliphatic heterocycles. The Hall–Kier alpha value is -0.780. The SMILES string of the molecule is CC(CC(=O)Nc1ccc(S(=O)(=O)Cl)c(Cl)c1)C(C)(C)C. The van der Waals surface area contributed by atoms with Gasteiger partial charge in [0.1, 0.15) is 4.90 Å². The highest BCUT2D eigenvalue weighted by Gasteiger charge is 2.23. The summed E-state index contributed by atoms with van der Waals surface area (Å²) in [5.41, 5.74) is 0.473. The molecule has 0 bridgehead atoms. The first-order valence-electron chi connectivity index (χ1n) is 6.45. The maximum Gasteiger partial charge on any atom is 0.262 e. The van der Waals surface area contributed by atoms with Gasteiger partial charge >= 0.3 is 0 Å². The molecule has 118 valence electrons. The van der Waals surface area contributed by atoms with Gasteiger partial charge in [0, 0.05) is 22.8 Å². The van der Waals surface area contributed by atoms with Crippen molar-refractivity contribution in [2.45, 2.75) is 39.0 Å². The zero-order valence-electron chi connectivity index (χ0n) is 12.4. The van der Waals surface area contributed by atoms with E-state index >= 15 is 0 Å². The van der Waals surface area contributed by atoms with Gasteiger partial charge in [-0.2, -0.15) is 0 Å². The molecule has 0 spiro atoms. The molecule has 0 saturated heterocycles. The zero-order chi connectivity index (χ0) is 16.4. The van der Waals surface area contributed by atoms with Gasteiger partial charge in [-0.1, -0.05) is 39.3 Å². The second-order valence-corrected chi connectivity index (χ2v) is 9.04. The molecule has 7 heteroatoms. The van der Waals surface area contributed by atoms with Crippen molar-refractivity contribution in [2.24, 2.45) is 11.3 Å². The lowest BCUT2D eigenvalue weighted by Crippen LogP contribution is -2.23.